The molecule has 21 heavy (non-hydrogen) atoms. The van der Waals surface area contributed by atoms with Gasteiger partial charge in [0.15, 0.2) is 0 Å². The van der Waals surface area contributed by atoms with Gasteiger partial charge >= 0.3 is 6.03 Å². The van der Waals surface area contributed by atoms with E-state index in [4.69, 9.17) is 17.3 Å². The van der Waals surface area contributed by atoms with Crippen LogP contribution in [0, 0.1) is 0 Å². The molecule has 1 aliphatic heterocycles. The molecule has 1 heterocycles. The molecule has 4 N–H and O–H groups in total. The minimum absolute atomic E-state index is 0. The maximum atomic E-state index is 12.1. The number of amides is 3. The van der Waals surface area contributed by atoms with Crippen LogP contribution in [0.25, 0.3) is 0 Å². The van der Waals surface area contributed by atoms with Crippen LogP contribution < -0.4 is 21.3 Å². The van der Waals surface area contributed by atoms with Crippen LogP contribution in [-0.4, -0.2) is 37.6 Å². The van der Waals surface area contributed by atoms with Gasteiger partial charge < -0.3 is 16.4 Å². The van der Waals surface area contributed by atoms with E-state index in [1.165, 1.54) is 0 Å². The van der Waals surface area contributed by atoms with E-state index in [0.29, 0.717) is 35.9 Å². The Balaban J connectivity index is 0.00000220. The Morgan fingerprint density at radius 2 is 2.29 bits per heavy atom. The molecule has 0 aliphatic carbocycles. The highest BCUT2D eigenvalue weighted by Crippen LogP contribution is 2.24. The lowest BCUT2D eigenvalue weighted by Gasteiger charge is -2.17. The van der Waals surface area contributed by atoms with Crippen LogP contribution in [-0.2, 0) is 0 Å². The lowest BCUT2D eigenvalue weighted by molar-refractivity contribution is 0.0941. The molecule has 0 aromatic heterocycles. The maximum Gasteiger partial charge on any atom is 0.321 e. The molecule has 1 atom stereocenters. The molecule has 1 saturated heterocycles. The van der Waals surface area contributed by atoms with Crippen molar-refractivity contribution in [3.63, 3.8) is 0 Å². The second kappa shape index (κ2) is 7.49. The second-order valence-corrected chi connectivity index (χ2v) is 5.07. The molecule has 0 unspecified atom stereocenters. The average Bonchev–Trinajstić information content (AvgIpc) is 2.85. The van der Waals surface area contributed by atoms with E-state index in [0.717, 1.165) is 0 Å². The summed E-state index contributed by atoms with van der Waals surface area (Å²) in [7, 11) is 0. The number of hydrogen-bond acceptors (Lipinski definition) is 3. The highest BCUT2D eigenvalue weighted by molar-refractivity contribution is 6.34. The Morgan fingerprint density at radius 1 is 1.57 bits per heavy atom. The number of carbonyl (C=O) groups excluding carboxylic acids is 2. The van der Waals surface area contributed by atoms with Gasteiger partial charge in [-0.2, -0.15) is 0 Å². The first-order valence-corrected chi connectivity index (χ1v) is 6.76. The van der Waals surface area contributed by atoms with E-state index in [2.05, 4.69) is 10.6 Å². The van der Waals surface area contributed by atoms with Gasteiger partial charge in [0.1, 0.15) is 0 Å². The van der Waals surface area contributed by atoms with Crippen LogP contribution in [0.1, 0.15) is 17.3 Å². The zero-order valence-electron chi connectivity index (χ0n) is 11.6. The first kappa shape index (κ1) is 17.6. The van der Waals surface area contributed by atoms with Crippen LogP contribution in [0.4, 0.5) is 10.5 Å². The lowest BCUT2D eigenvalue weighted by atomic mass is 10.1. The van der Waals surface area contributed by atoms with Crippen molar-refractivity contribution in [1.29, 1.82) is 0 Å². The number of urea groups is 1. The van der Waals surface area contributed by atoms with Crippen LogP contribution in [0.5, 0.6) is 0 Å². The number of rotatable bonds is 4. The fourth-order valence-electron chi connectivity index (χ4n) is 1.93. The Morgan fingerprint density at radius 3 is 2.86 bits per heavy atom. The van der Waals surface area contributed by atoms with Crippen molar-refractivity contribution in [3.05, 3.63) is 28.8 Å². The summed E-state index contributed by atoms with van der Waals surface area (Å²) in [6.07, 6.45) is 0. The summed E-state index contributed by atoms with van der Waals surface area (Å²) in [5.74, 6) is -0.297. The number of anilines is 1. The Hall–Kier alpha value is -1.50. The lowest BCUT2D eigenvalue weighted by Crippen LogP contribution is -2.38. The topological polar surface area (TPSA) is 87.5 Å². The van der Waals surface area contributed by atoms with Gasteiger partial charge in [-0.05, 0) is 25.1 Å². The molecular formula is C13H18Cl2N4O2. The van der Waals surface area contributed by atoms with Crippen molar-refractivity contribution in [2.75, 3.05) is 24.5 Å². The van der Waals surface area contributed by atoms with Gasteiger partial charge in [-0.3, -0.25) is 9.69 Å². The predicted molar refractivity (Wildman–Crippen MR) is 85.4 cm³/mol. The number of halogens is 2. The highest BCUT2D eigenvalue weighted by Gasteiger charge is 2.23. The summed E-state index contributed by atoms with van der Waals surface area (Å²) in [6, 6.07) is 4.64. The van der Waals surface area contributed by atoms with E-state index in [1.54, 1.807) is 23.1 Å². The third-order valence-corrected chi connectivity index (χ3v) is 3.42. The zero-order chi connectivity index (χ0) is 14.7. The zero-order valence-corrected chi connectivity index (χ0v) is 13.1. The predicted octanol–water partition coefficient (Wildman–Crippen LogP) is 1.37. The Kier molecular flexibility index (Phi) is 6.26. The summed E-state index contributed by atoms with van der Waals surface area (Å²) >= 11 is 6.05. The molecule has 8 heteroatoms. The summed E-state index contributed by atoms with van der Waals surface area (Å²) < 4.78 is 0. The molecule has 1 aliphatic rings. The van der Waals surface area contributed by atoms with E-state index in [-0.39, 0.29) is 30.4 Å². The van der Waals surface area contributed by atoms with Crippen LogP contribution in [0.3, 0.4) is 0 Å². The Bertz CT molecular complexity index is 539. The van der Waals surface area contributed by atoms with Crippen molar-refractivity contribution in [2.45, 2.75) is 13.0 Å². The Labute approximate surface area is 134 Å². The smallest absolute Gasteiger partial charge is 0.321 e. The summed E-state index contributed by atoms with van der Waals surface area (Å²) in [5, 5.41) is 5.80. The quantitative estimate of drug-likeness (QED) is 0.778. The highest BCUT2D eigenvalue weighted by atomic mass is 35.5. The van der Waals surface area contributed by atoms with Crippen molar-refractivity contribution in [3.8, 4) is 0 Å². The van der Waals surface area contributed by atoms with Crippen molar-refractivity contribution in [1.82, 2.24) is 10.6 Å². The summed E-state index contributed by atoms with van der Waals surface area (Å²) in [4.78, 5) is 25.3. The van der Waals surface area contributed by atoms with Crippen LogP contribution in [0.15, 0.2) is 18.2 Å². The molecule has 0 saturated carbocycles. The number of benzene rings is 1. The number of nitrogens with two attached hydrogens (primary N) is 1. The molecule has 6 nitrogen and oxygen atoms in total. The van der Waals surface area contributed by atoms with E-state index in [9.17, 15) is 9.59 Å². The first-order valence-electron chi connectivity index (χ1n) is 6.38. The van der Waals surface area contributed by atoms with Gasteiger partial charge in [-0.15, -0.1) is 12.4 Å². The van der Waals surface area contributed by atoms with E-state index < -0.39 is 0 Å². The van der Waals surface area contributed by atoms with Gasteiger partial charge in [0, 0.05) is 31.4 Å². The molecule has 116 valence electrons. The average molecular weight is 333 g/mol. The molecule has 3 amide bonds. The molecule has 0 bridgehead atoms. The van der Waals surface area contributed by atoms with Gasteiger partial charge in [0.25, 0.3) is 5.91 Å². The van der Waals surface area contributed by atoms with Crippen LogP contribution >= 0.6 is 24.0 Å². The van der Waals surface area contributed by atoms with Crippen molar-refractivity contribution in [2.24, 2.45) is 5.73 Å². The first-order chi connectivity index (χ1) is 9.52. The molecule has 2 rings (SSSR count). The standard InChI is InChI=1S/C13H17ClN4O2.ClH/c1-8(7-15)17-12(19)10-6-9(2-3-11(10)14)18-5-4-16-13(18)20;/h2-3,6,8H,4-5,7,15H2,1H3,(H,16,20)(H,17,19);1H/t8-;/m0./s1. The van der Waals surface area contributed by atoms with Gasteiger partial charge in [-0.1, -0.05) is 11.6 Å². The minimum atomic E-state index is -0.297. The van der Waals surface area contributed by atoms with Gasteiger partial charge in [0.2, 0.25) is 0 Å². The SMILES string of the molecule is C[C@@H](CN)NC(=O)c1cc(N2CCNC2=O)ccc1Cl.Cl. The van der Waals surface area contributed by atoms with E-state index in [1.807, 2.05) is 6.92 Å². The number of nitrogens with zero attached hydrogens (tertiary/aromatic N) is 1. The third-order valence-electron chi connectivity index (χ3n) is 3.09. The minimum Gasteiger partial charge on any atom is -0.348 e. The molecule has 1 fully saturated rings. The third kappa shape index (κ3) is 4.00. The normalized spacial score (nSPS) is 15.2. The summed E-state index contributed by atoms with van der Waals surface area (Å²) in [6.45, 7) is 3.31. The van der Waals surface area contributed by atoms with Crippen molar-refractivity contribution >= 4 is 41.6 Å². The second-order valence-electron chi connectivity index (χ2n) is 4.66. The fourth-order valence-corrected chi connectivity index (χ4v) is 2.14. The molecule has 0 radical (unpaired) electrons. The summed E-state index contributed by atoms with van der Waals surface area (Å²) in [5.41, 5.74) is 6.46. The number of nitrogens with one attached hydrogen (secondary N) is 2. The monoisotopic (exact) mass is 332 g/mol. The molecule has 1 aromatic carbocycles. The van der Waals surface area contributed by atoms with Crippen molar-refractivity contribution < 1.29 is 9.59 Å². The number of hydrogen-bond donors (Lipinski definition) is 3. The molecule has 0 spiro atoms. The molecule has 1 aromatic rings. The number of carbonyl (C=O) groups is 2. The fraction of sp³-hybridized carbons (Fsp3) is 0.385. The van der Waals surface area contributed by atoms with Gasteiger partial charge in [-0.25, -0.2) is 4.79 Å². The maximum absolute atomic E-state index is 12.1. The van der Waals surface area contributed by atoms with Gasteiger partial charge in [0.05, 0.1) is 10.6 Å². The largest absolute Gasteiger partial charge is 0.348 e. The van der Waals surface area contributed by atoms with Crippen LogP contribution in [0.2, 0.25) is 5.02 Å². The van der Waals surface area contributed by atoms with E-state index >= 15 is 0 Å². The molecular weight excluding hydrogens is 315 g/mol.